The summed E-state index contributed by atoms with van der Waals surface area (Å²) in [5, 5.41) is 5.55. The standard InChI is InChI=1S/C18H23NO/c1-13(2)14(3)19-18(20)12-11-16-9-6-8-15-7-4-5-10-17(15)16/h4-10,13-14H,11-12H2,1-3H3,(H,19,20). The molecule has 20 heavy (non-hydrogen) atoms. The summed E-state index contributed by atoms with van der Waals surface area (Å²) in [6.07, 6.45) is 1.34. The fourth-order valence-electron chi connectivity index (χ4n) is 2.25. The van der Waals surface area contributed by atoms with Crippen LogP contribution in [0.2, 0.25) is 0 Å². The van der Waals surface area contributed by atoms with Crippen molar-refractivity contribution >= 4 is 16.7 Å². The topological polar surface area (TPSA) is 29.1 Å². The van der Waals surface area contributed by atoms with Crippen LogP contribution in [-0.4, -0.2) is 11.9 Å². The lowest BCUT2D eigenvalue weighted by Crippen LogP contribution is -2.36. The minimum absolute atomic E-state index is 0.138. The van der Waals surface area contributed by atoms with Gasteiger partial charge < -0.3 is 5.32 Å². The largest absolute Gasteiger partial charge is 0.353 e. The molecule has 0 aromatic heterocycles. The number of benzene rings is 2. The Bertz CT molecular complexity index is 583. The summed E-state index contributed by atoms with van der Waals surface area (Å²) in [7, 11) is 0. The summed E-state index contributed by atoms with van der Waals surface area (Å²) >= 11 is 0. The number of amides is 1. The Morgan fingerprint density at radius 3 is 2.50 bits per heavy atom. The zero-order valence-electron chi connectivity index (χ0n) is 12.5. The van der Waals surface area contributed by atoms with E-state index in [1.54, 1.807) is 0 Å². The molecular formula is C18H23NO. The number of aryl methyl sites for hydroxylation is 1. The van der Waals surface area contributed by atoms with Crippen molar-refractivity contribution in [2.24, 2.45) is 5.92 Å². The van der Waals surface area contributed by atoms with E-state index in [4.69, 9.17) is 0 Å². The van der Waals surface area contributed by atoms with E-state index >= 15 is 0 Å². The molecule has 106 valence electrons. The predicted molar refractivity (Wildman–Crippen MR) is 84.7 cm³/mol. The van der Waals surface area contributed by atoms with Crippen molar-refractivity contribution in [1.82, 2.24) is 5.32 Å². The van der Waals surface area contributed by atoms with E-state index in [1.165, 1.54) is 16.3 Å². The summed E-state index contributed by atoms with van der Waals surface area (Å²) in [4.78, 5) is 12.0. The molecule has 0 heterocycles. The molecule has 1 amide bonds. The maximum Gasteiger partial charge on any atom is 0.220 e. The van der Waals surface area contributed by atoms with Gasteiger partial charge in [-0.3, -0.25) is 4.79 Å². The first-order chi connectivity index (χ1) is 9.58. The van der Waals surface area contributed by atoms with Crippen LogP contribution >= 0.6 is 0 Å². The average Bonchev–Trinajstić information content (AvgIpc) is 2.44. The molecule has 0 radical (unpaired) electrons. The van der Waals surface area contributed by atoms with Crippen molar-refractivity contribution in [1.29, 1.82) is 0 Å². The Balaban J connectivity index is 2.01. The Hall–Kier alpha value is -1.83. The van der Waals surface area contributed by atoms with Crippen LogP contribution in [0.5, 0.6) is 0 Å². The Kier molecular flexibility index (Phi) is 4.78. The van der Waals surface area contributed by atoms with Crippen molar-refractivity contribution in [2.75, 3.05) is 0 Å². The first-order valence-corrected chi connectivity index (χ1v) is 7.34. The summed E-state index contributed by atoms with van der Waals surface area (Å²) in [6, 6.07) is 14.8. The number of carbonyl (C=O) groups is 1. The fourth-order valence-corrected chi connectivity index (χ4v) is 2.25. The first kappa shape index (κ1) is 14.6. The van der Waals surface area contributed by atoms with Gasteiger partial charge in [0.25, 0.3) is 0 Å². The number of carbonyl (C=O) groups excluding carboxylic acids is 1. The van der Waals surface area contributed by atoms with E-state index < -0.39 is 0 Å². The summed E-state index contributed by atoms with van der Waals surface area (Å²) in [5.41, 5.74) is 1.25. The van der Waals surface area contributed by atoms with Crippen molar-refractivity contribution < 1.29 is 4.79 Å². The lowest BCUT2D eigenvalue weighted by Gasteiger charge is -2.17. The molecule has 1 atom stereocenters. The van der Waals surface area contributed by atoms with Gasteiger partial charge in [-0.15, -0.1) is 0 Å². The summed E-state index contributed by atoms with van der Waals surface area (Å²) in [5.74, 6) is 0.607. The molecular weight excluding hydrogens is 246 g/mol. The van der Waals surface area contributed by atoms with Crippen LogP contribution in [0.25, 0.3) is 10.8 Å². The van der Waals surface area contributed by atoms with Gasteiger partial charge in [0.15, 0.2) is 0 Å². The van der Waals surface area contributed by atoms with Crippen molar-refractivity contribution in [2.45, 2.75) is 39.7 Å². The highest BCUT2D eigenvalue weighted by atomic mass is 16.1. The third-order valence-corrected chi connectivity index (χ3v) is 3.89. The molecule has 2 heteroatoms. The van der Waals surface area contributed by atoms with Gasteiger partial charge in [-0.2, -0.15) is 0 Å². The number of rotatable bonds is 5. The van der Waals surface area contributed by atoms with Crippen molar-refractivity contribution in [3.8, 4) is 0 Å². The SMILES string of the molecule is CC(C)C(C)NC(=O)CCc1cccc2ccccc12. The number of hydrogen-bond donors (Lipinski definition) is 1. The van der Waals surface area contributed by atoms with Crippen LogP contribution in [0.3, 0.4) is 0 Å². The molecule has 1 unspecified atom stereocenters. The molecule has 0 aliphatic carbocycles. The molecule has 0 bridgehead atoms. The lowest BCUT2D eigenvalue weighted by atomic mass is 10.0. The molecule has 2 nitrogen and oxygen atoms in total. The quantitative estimate of drug-likeness (QED) is 0.875. The normalized spacial score (nSPS) is 12.6. The minimum Gasteiger partial charge on any atom is -0.353 e. The second-order valence-electron chi connectivity index (χ2n) is 5.74. The Labute approximate surface area is 121 Å². The van der Waals surface area contributed by atoms with E-state index in [1.807, 2.05) is 12.1 Å². The van der Waals surface area contributed by atoms with Crippen LogP contribution in [0.1, 0.15) is 32.8 Å². The van der Waals surface area contributed by atoms with Crippen LogP contribution in [0, 0.1) is 5.92 Å². The first-order valence-electron chi connectivity index (χ1n) is 7.34. The van der Waals surface area contributed by atoms with Crippen molar-refractivity contribution in [3.63, 3.8) is 0 Å². The van der Waals surface area contributed by atoms with Crippen LogP contribution in [0.15, 0.2) is 42.5 Å². The van der Waals surface area contributed by atoms with Gasteiger partial charge in [0.05, 0.1) is 0 Å². The van der Waals surface area contributed by atoms with E-state index in [9.17, 15) is 4.79 Å². The van der Waals surface area contributed by atoms with Crippen LogP contribution in [-0.2, 0) is 11.2 Å². The van der Waals surface area contributed by atoms with Gasteiger partial charge in [0.2, 0.25) is 5.91 Å². The lowest BCUT2D eigenvalue weighted by molar-refractivity contribution is -0.121. The fraction of sp³-hybridized carbons (Fsp3) is 0.389. The van der Waals surface area contributed by atoms with E-state index in [0.717, 1.165) is 6.42 Å². The molecule has 0 saturated heterocycles. The predicted octanol–water partition coefficient (Wildman–Crippen LogP) is 3.93. The van der Waals surface area contributed by atoms with Gasteiger partial charge in [-0.05, 0) is 35.6 Å². The third-order valence-electron chi connectivity index (χ3n) is 3.89. The zero-order chi connectivity index (χ0) is 14.5. The molecule has 0 spiro atoms. The van der Waals surface area contributed by atoms with Gasteiger partial charge in [-0.25, -0.2) is 0 Å². The molecule has 0 aliphatic rings. The van der Waals surface area contributed by atoms with E-state index in [0.29, 0.717) is 12.3 Å². The maximum atomic E-state index is 12.0. The van der Waals surface area contributed by atoms with Gasteiger partial charge in [-0.1, -0.05) is 56.3 Å². The Morgan fingerprint density at radius 1 is 1.05 bits per heavy atom. The highest BCUT2D eigenvalue weighted by Gasteiger charge is 2.11. The molecule has 2 rings (SSSR count). The molecule has 0 aliphatic heterocycles. The average molecular weight is 269 g/mol. The number of nitrogens with one attached hydrogen (secondary N) is 1. The summed E-state index contributed by atoms with van der Waals surface area (Å²) < 4.78 is 0. The van der Waals surface area contributed by atoms with Crippen LogP contribution < -0.4 is 5.32 Å². The zero-order valence-corrected chi connectivity index (χ0v) is 12.5. The molecule has 0 saturated carbocycles. The van der Waals surface area contributed by atoms with Gasteiger partial charge >= 0.3 is 0 Å². The number of fused-ring (bicyclic) bond motifs is 1. The monoisotopic (exact) mass is 269 g/mol. The second kappa shape index (κ2) is 6.56. The van der Waals surface area contributed by atoms with Gasteiger partial charge in [0.1, 0.15) is 0 Å². The molecule has 2 aromatic rings. The molecule has 0 fully saturated rings. The molecule has 2 aromatic carbocycles. The minimum atomic E-state index is 0.138. The van der Waals surface area contributed by atoms with E-state index in [-0.39, 0.29) is 11.9 Å². The maximum absolute atomic E-state index is 12.0. The van der Waals surface area contributed by atoms with Gasteiger partial charge in [0, 0.05) is 12.5 Å². The van der Waals surface area contributed by atoms with E-state index in [2.05, 4.69) is 56.4 Å². The van der Waals surface area contributed by atoms with Crippen molar-refractivity contribution in [3.05, 3.63) is 48.0 Å². The molecule has 1 N–H and O–H groups in total. The number of hydrogen-bond acceptors (Lipinski definition) is 1. The second-order valence-corrected chi connectivity index (χ2v) is 5.74. The third kappa shape index (κ3) is 3.60. The Morgan fingerprint density at radius 2 is 1.75 bits per heavy atom. The smallest absolute Gasteiger partial charge is 0.220 e. The summed E-state index contributed by atoms with van der Waals surface area (Å²) in [6.45, 7) is 6.30. The van der Waals surface area contributed by atoms with Crippen LogP contribution in [0.4, 0.5) is 0 Å². The highest BCUT2D eigenvalue weighted by Crippen LogP contribution is 2.19. The highest BCUT2D eigenvalue weighted by molar-refractivity contribution is 5.86.